The van der Waals surface area contributed by atoms with Crippen molar-refractivity contribution in [1.82, 2.24) is 0 Å². The highest BCUT2D eigenvalue weighted by atomic mass is 19.2. The normalized spacial score (nSPS) is 10.5. The van der Waals surface area contributed by atoms with E-state index in [4.69, 9.17) is 4.74 Å². The first kappa shape index (κ1) is 28.4. The second-order valence-electron chi connectivity index (χ2n) is 7.45. The van der Waals surface area contributed by atoms with Crippen LogP contribution in [0.25, 0.3) is 0 Å². The molecular formula is C24H29F5O4. The zero-order valence-electron chi connectivity index (χ0n) is 18.7. The lowest BCUT2D eigenvalue weighted by Crippen LogP contribution is -2.13. The summed E-state index contributed by atoms with van der Waals surface area (Å²) in [5.74, 6) is -6.91. The summed E-state index contributed by atoms with van der Waals surface area (Å²) in [7, 11) is 0. The molecule has 1 aromatic carbocycles. The molecule has 0 radical (unpaired) electrons. The van der Waals surface area contributed by atoms with E-state index in [-0.39, 0.29) is 13.0 Å². The quantitative estimate of drug-likeness (QED) is 0.0792. The number of benzene rings is 1. The third-order valence-corrected chi connectivity index (χ3v) is 4.80. The predicted molar refractivity (Wildman–Crippen MR) is 111 cm³/mol. The van der Waals surface area contributed by atoms with Gasteiger partial charge in [-0.25, -0.2) is 22.0 Å². The Balaban J connectivity index is 2.19. The van der Waals surface area contributed by atoms with Gasteiger partial charge in [0.15, 0.2) is 29.9 Å². The van der Waals surface area contributed by atoms with Gasteiger partial charge in [-0.3, -0.25) is 9.59 Å². The second kappa shape index (κ2) is 16.1. The minimum atomic E-state index is -2.30. The molecule has 0 aliphatic rings. The van der Waals surface area contributed by atoms with Crippen LogP contribution in [0.2, 0.25) is 0 Å². The fourth-order valence-corrected chi connectivity index (χ4v) is 2.88. The topological polar surface area (TPSA) is 52.6 Å². The second-order valence-corrected chi connectivity index (χ2v) is 7.45. The fourth-order valence-electron chi connectivity index (χ4n) is 2.88. The molecule has 1 rings (SSSR count). The van der Waals surface area contributed by atoms with Gasteiger partial charge in [0.05, 0.1) is 18.4 Å². The molecule has 0 fully saturated rings. The van der Waals surface area contributed by atoms with Gasteiger partial charge >= 0.3 is 11.9 Å². The lowest BCUT2D eigenvalue weighted by atomic mass is 10.1. The van der Waals surface area contributed by atoms with E-state index in [0.717, 1.165) is 12.8 Å². The Bertz CT molecular complexity index is 816. The number of halogens is 5. The lowest BCUT2D eigenvalue weighted by molar-refractivity contribution is -0.150. The molecule has 33 heavy (non-hydrogen) atoms. The SMILES string of the molecule is CCCCCCCCCCC#CCOC(=O)CCC(=O)OCc1c(F)c(F)c(F)c(F)c1F. The van der Waals surface area contributed by atoms with E-state index in [0.29, 0.717) is 6.42 Å². The molecule has 184 valence electrons. The van der Waals surface area contributed by atoms with Crippen LogP contribution in [-0.2, 0) is 25.7 Å². The van der Waals surface area contributed by atoms with E-state index in [2.05, 4.69) is 23.5 Å². The number of carbonyl (C=O) groups is 2. The third-order valence-electron chi connectivity index (χ3n) is 4.80. The van der Waals surface area contributed by atoms with Gasteiger partial charge in [0, 0.05) is 6.42 Å². The molecule has 9 heteroatoms. The van der Waals surface area contributed by atoms with E-state index < -0.39 is 59.6 Å². The molecule has 0 saturated heterocycles. The fraction of sp³-hybridized carbons (Fsp3) is 0.583. The largest absolute Gasteiger partial charge is 0.461 e. The van der Waals surface area contributed by atoms with E-state index in [1.54, 1.807) is 0 Å². The molecule has 0 amide bonds. The van der Waals surface area contributed by atoms with E-state index in [1.165, 1.54) is 38.5 Å². The lowest BCUT2D eigenvalue weighted by Gasteiger charge is -2.09. The van der Waals surface area contributed by atoms with Crippen molar-refractivity contribution in [3.8, 4) is 11.8 Å². The molecule has 4 nitrogen and oxygen atoms in total. The summed E-state index contributed by atoms with van der Waals surface area (Å²) in [6, 6.07) is 0. The molecule has 0 aliphatic heterocycles. The van der Waals surface area contributed by atoms with Gasteiger partial charge in [0.1, 0.15) is 6.61 Å². The molecular weight excluding hydrogens is 447 g/mol. The van der Waals surface area contributed by atoms with Crippen molar-refractivity contribution in [1.29, 1.82) is 0 Å². The first-order valence-electron chi connectivity index (χ1n) is 11.1. The average molecular weight is 476 g/mol. The van der Waals surface area contributed by atoms with Gasteiger partial charge in [0.25, 0.3) is 0 Å². The molecule has 1 aromatic rings. The van der Waals surface area contributed by atoms with Crippen molar-refractivity contribution in [3.63, 3.8) is 0 Å². The minimum absolute atomic E-state index is 0.130. The standard InChI is InChI=1S/C24H29F5O4/c1-2-3-4-5-6-7-8-9-10-11-12-15-32-18(30)13-14-19(31)33-16-17-20(25)22(27)24(29)23(28)21(17)26/h2-10,13-16H2,1H3. The Kier molecular flexibility index (Phi) is 13.8. The van der Waals surface area contributed by atoms with Gasteiger partial charge < -0.3 is 9.47 Å². The third kappa shape index (κ3) is 10.7. The highest BCUT2D eigenvalue weighted by Gasteiger charge is 2.26. The molecule has 0 heterocycles. The minimum Gasteiger partial charge on any atom is -0.461 e. The maximum absolute atomic E-state index is 13.5. The van der Waals surface area contributed by atoms with Crippen LogP contribution in [-0.4, -0.2) is 18.5 Å². The maximum atomic E-state index is 13.5. The predicted octanol–water partition coefficient (Wildman–Crippen LogP) is 6.28. The summed E-state index contributed by atoms with van der Waals surface area (Å²) in [4.78, 5) is 23.2. The van der Waals surface area contributed by atoms with Crippen LogP contribution >= 0.6 is 0 Å². The van der Waals surface area contributed by atoms with Gasteiger partial charge in [0.2, 0.25) is 5.82 Å². The van der Waals surface area contributed by atoms with Crippen molar-refractivity contribution in [2.75, 3.05) is 6.61 Å². The highest BCUT2D eigenvalue weighted by Crippen LogP contribution is 2.23. The van der Waals surface area contributed by atoms with E-state index in [1.807, 2.05) is 0 Å². The Labute approximate surface area is 190 Å². The summed E-state index contributed by atoms with van der Waals surface area (Å²) in [6.07, 6.45) is 9.39. The van der Waals surface area contributed by atoms with Gasteiger partial charge in [-0.05, 0) is 6.42 Å². The van der Waals surface area contributed by atoms with E-state index >= 15 is 0 Å². The number of carbonyl (C=O) groups excluding carboxylic acids is 2. The van der Waals surface area contributed by atoms with Crippen molar-refractivity contribution in [3.05, 3.63) is 34.6 Å². The number of esters is 2. The number of hydrogen-bond acceptors (Lipinski definition) is 4. The molecule has 0 aromatic heterocycles. The van der Waals surface area contributed by atoms with Crippen LogP contribution in [0.4, 0.5) is 22.0 Å². The van der Waals surface area contributed by atoms with Gasteiger partial charge in [-0.2, -0.15) is 0 Å². The summed E-state index contributed by atoms with van der Waals surface area (Å²) < 4.78 is 75.6. The Morgan fingerprint density at radius 1 is 0.667 bits per heavy atom. The summed E-state index contributed by atoms with van der Waals surface area (Å²) in [5, 5.41) is 0. The maximum Gasteiger partial charge on any atom is 0.307 e. The smallest absolute Gasteiger partial charge is 0.307 e. The summed E-state index contributed by atoms with van der Waals surface area (Å²) in [6.45, 7) is 0.891. The van der Waals surface area contributed by atoms with Crippen LogP contribution in [0.1, 0.15) is 83.1 Å². The number of ether oxygens (including phenoxy) is 2. The highest BCUT2D eigenvalue weighted by molar-refractivity contribution is 5.77. The van der Waals surface area contributed by atoms with Crippen molar-refractivity contribution < 1.29 is 41.0 Å². The molecule has 0 N–H and O–H groups in total. The monoisotopic (exact) mass is 476 g/mol. The van der Waals surface area contributed by atoms with Crippen molar-refractivity contribution in [2.45, 2.75) is 84.2 Å². The molecule has 0 saturated carbocycles. The molecule has 0 atom stereocenters. The van der Waals surface area contributed by atoms with Crippen LogP contribution < -0.4 is 0 Å². The van der Waals surface area contributed by atoms with Crippen LogP contribution in [0.5, 0.6) is 0 Å². The average Bonchev–Trinajstić information content (AvgIpc) is 2.80. The molecule has 0 spiro atoms. The first-order chi connectivity index (χ1) is 15.8. The molecule has 0 bridgehead atoms. The zero-order valence-corrected chi connectivity index (χ0v) is 18.7. The van der Waals surface area contributed by atoms with Crippen LogP contribution in [0.3, 0.4) is 0 Å². The Morgan fingerprint density at radius 3 is 1.73 bits per heavy atom. The number of rotatable bonds is 14. The van der Waals surface area contributed by atoms with Gasteiger partial charge in [-0.15, -0.1) is 0 Å². The van der Waals surface area contributed by atoms with Crippen molar-refractivity contribution in [2.24, 2.45) is 0 Å². The number of unbranched alkanes of at least 4 members (excludes halogenated alkanes) is 8. The molecule has 0 aliphatic carbocycles. The zero-order chi connectivity index (χ0) is 24.6. The van der Waals surface area contributed by atoms with Crippen LogP contribution in [0.15, 0.2) is 0 Å². The number of hydrogen-bond donors (Lipinski definition) is 0. The van der Waals surface area contributed by atoms with E-state index in [9.17, 15) is 31.5 Å². The Hall–Kier alpha value is -2.63. The Morgan fingerprint density at radius 2 is 1.15 bits per heavy atom. The van der Waals surface area contributed by atoms with Crippen LogP contribution in [0, 0.1) is 40.9 Å². The first-order valence-corrected chi connectivity index (χ1v) is 11.1. The van der Waals surface area contributed by atoms with Gasteiger partial charge in [-0.1, -0.05) is 63.7 Å². The summed E-state index contributed by atoms with van der Waals surface area (Å²) in [5.41, 5.74) is -1.27. The van der Waals surface area contributed by atoms with Crippen molar-refractivity contribution >= 4 is 11.9 Å². The molecule has 0 unspecified atom stereocenters. The summed E-state index contributed by atoms with van der Waals surface area (Å²) >= 11 is 0.